The zero-order chi connectivity index (χ0) is 11.6. The topological polar surface area (TPSA) is 30.7 Å². The van der Waals surface area contributed by atoms with Crippen LogP contribution in [0.5, 0.6) is 0 Å². The van der Waals surface area contributed by atoms with Crippen LogP contribution in [0.3, 0.4) is 0 Å². The highest BCUT2D eigenvalue weighted by molar-refractivity contribution is 4.92. The summed E-state index contributed by atoms with van der Waals surface area (Å²) in [5, 5.41) is 8.14. The van der Waals surface area contributed by atoms with Gasteiger partial charge in [-0.05, 0) is 25.7 Å². The van der Waals surface area contributed by atoms with E-state index in [0.29, 0.717) is 6.42 Å². The van der Waals surface area contributed by atoms with Crippen molar-refractivity contribution >= 4 is 0 Å². The first kappa shape index (κ1) is 13.1. The van der Waals surface area contributed by atoms with Gasteiger partial charge in [-0.3, -0.25) is 9.07 Å². The molecule has 1 rings (SSSR count). The smallest absolute Gasteiger partial charge is 0.0894 e. The molecule has 16 heavy (non-hydrogen) atoms. The summed E-state index contributed by atoms with van der Waals surface area (Å²) in [6, 6.07) is 0. The molecule has 0 radical (unpaired) electrons. The van der Waals surface area contributed by atoms with Gasteiger partial charge in [-0.15, -0.1) is 5.10 Å². The molecule has 0 bridgehead atoms. The van der Waals surface area contributed by atoms with Gasteiger partial charge in [0.1, 0.15) is 0 Å². The van der Waals surface area contributed by atoms with Crippen molar-refractivity contribution in [2.75, 3.05) is 6.67 Å². The van der Waals surface area contributed by atoms with E-state index in [0.717, 1.165) is 25.1 Å². The number of hydrogen-bond donors (Lipinski definition) is 0. The standard InChI is InChI=1S/C12H22FN3/c1-2-3-4-7-10-16-11-12(14-15-16)8-5-6-9-13/h11H,2-10H2,1H3/i13-1. The molecule has 0 aliphatic heterocycles. The molecule has 0 amide bonds. The van der Waals surface area contributed by atoms with Crippen molar-refractivity contribution in [2.45, 2.75) is 58.4 Å². The number of alkyl halides is 1. The summed E-state index contributed by atoms with van der Waals surface area (Å²) in [7, 11) is 0. The molecule has 1 aromatic heterocycles. The van der Waals surface area contributed by atoms with Crippen LogP contribution >= 0.6 is 0 Å². The zero-order valence-corrected chi connectivity index (χ0v) is 10.2. The molecular formula is C12H22FN3. The molecule has 0 saturated carbocycles. The number of halogens is 1. The minimum Gasteiger partial charge on any atom is -0.252 e. The Morgan fingerprint density at radius 1 is 1.19 bits per heavy atom. The molecule has 0 aliphatic rings. The Labute approximate surface area is 97.0 Å². The maximum Gasteiger partial charge on any atom is 0.0894 e. The quantitative estimate of drug-likeness (QED) is 0.606. The van der Waals surface area contributed by atoms with Gasteiger partial charge in [-0.2, -0.15) is 0 Å². The molecule has 3 nitrogen and oxygen atoms in total. The predicted octanol–water partition coefficient (Wildman–Crippen LogP) is 3.15. The maximum atomic E-state index is 11.9. The number of nitrogens with zero attached hydrogens (tertiary/aromatic N) is 3. The van der Waals surface area contributed by atoms with Gasteiger partial charge >= 0.3 is 0 Å². The van der Waals surface area contributed by atoms with Crippen molar-refractivity contribution < 1.29 is 4.39 Å². The summed E-state index contributed by atoms with van der Waals surface area (Å²) in [4.78, 5) is 0. The fourth-order valence-electron chi connectivity index (χ4n) is 1.66. The lowest BCUT2D eigenvalue weighted by molar-refractivity contribution is 0.461. The van der Waals surface area contributed by atoms with Crippen molar-refractivity contribution in [1.29, 1.82) is 0 Å². The Balaban J connectivity index is 2.17. The van der Waals surface area contributed by atoms with Gasteiger partial charge in [0.2, 0.25) is 0 Å². The molecule has 0 spiro atoms. The van der Waals surface area contributed by atoms with E-state index in [-0.39, 0.29) is 6.67 Å². The van der Waals surface area contributed by atoms with Crippen molar-refractivity contribution in [3.05, 3.63) is 11.9 Å². The Hall–Kier alpha value is -0.930. The second-order valence-electron chi connectivity index (χ2n) is 4.18. The van der Waals surface area contributed by atoms with Gasteiger partial charge in [0, 0.05) is 12.7 Å². The third-order valence-electron chi connectivity index (χ3n) is 2.64. The number of rotatable bonds is 9. The van der Waals surface area contributed by atoms with Gasteiger partial charge < -0.3 is 0 Å². The molecule has 0 N–H and O–H groups in total. The van der Waals surface area contributed by atoms with Crippen LogP contribution in [-0.4, -0.2) is 21.7 Å². The van der Waals surface area contributed by atoms with E-state index < -0.39 is 0 Å². The van der Waals surface area contributed by atoms with E-state index in [1.54, 1.807) is 0 Å². The fraction of sp³-hybridized carbons (Fsp3) is 0.833. The van der Waals surface area contributed by atoms with Crippen LogP contribution in [0.2, 0.25) is 0 Å². The lowest BCUT2D eigenvalue weighted by Crippen LogP contribution is -1.98. The molecular weight excluding hydrogens is 204 g/mol. The van der Waals surface area contributed by atoms with Crippen molar-refractivity contribution in [2.24, 2.45) is 0 Å². The minimum atomic E-state index is -0.231. The molecule has 0 aromatic carbocycles. The van der Waals surface area contributed by atoms with E-state index in [9.17, 15) is 4.39 Å². The molecule has 1 heterocycles. The highest BCUT2D eigenvalue weighted by Gasteiger charge is 2.00. The summed E-state index contributed by atoms with van der Waals surface area (Å²) < 4.78 is 13.8. The zero-order valence-electron chi connectivity index (χ0n) is 10.2. The van der Waals surface area contributed by atoms with Crippen LogP contribution in [0.1, 0.15) is 51.1 Å². The van der Waals surface area contributed by atoms with E-state index >= 15 is 0 Å². The minimum absolute atomic E-state index is 0.231. The SMILES string of the molecule is CCCCCCn1cc(CCCC[18F])nn1. The van der Waals surface area contributed by atoms with E-state index in [2.05, 4.69) is 17.2 Å². The summed E-state index contributed by atoms with van der Waals surface area (Å²) >= 11 is 0. The molecule has 0 saturated heterocycles. The average molecular weight is 226 g/mol. The first-order chi connectivity index (χ1) is 7.86. The van der Waals surface area contributed by atoms with Crippen molar-refractivity contribution in [1.82, 2.24) is 15.0 Å². The summed E-state index contributed by atoms with van der Waals surface area (Å²) in [5.41, 5.74) is 0.990. The highest BCUT2D eigenvalue weighted by atomic mass is 18.2. The molecule has 0 unspecified atom stereocenters. The molecule has 4 heteroatoms. The second kappa shape index (κ2) is 8.25. The summed E-state index contributed by atoms with van der Waals surface area (Å²) in [6.45, 7) is 2.93. The van der Waals surface area contributed by atoms with Gasteiger partial charge in [-0.1, -0.05) is 31.4 Å². The Morgan fingerprint density at radius 3 is 2.81 bits per heavy atom. The Morgan fingerprint density at radius 2 is 2.06 bits per heavy atom. The molecule has 92 valence electrons. The number of hydrogen-bond acceptors (Lipinski definition) is 2. The van der Waals surface area contributed by atoms with Gasteiger partial charge in [0.05, 0.1) is 12.4 Å². The van der Waals surface area contributed by atoms with Gasteiger partial charge in [0.25, 0.3) is 0 Å². The van der Waals surface area contributed by atoms with Crippen molar-refractivity contribution in [3.8, 4) is 0 Å². The predicted molar refractivity (Wildman–Crippen MR) is 63.1 cm³/mol. The first-order valence-corrected chi connectivity index (χ1v) is 6.31. The summed E-state index contributed by atoms with van der Waals surface area (Å²) in [6.07, 6.45) is 9.30. The molecule has 0 atom stereocenters. The first-order valence-electron chi connectivity index (χ1n) is 6.31. The number of aryl methyl sites for hydroxylation is 2. The second-order valence-corrected chi connectivity index (χ2v) is 4.18. The average Bonchev–Trinajstić information content (AvgIpc) is 2.73. The lowest BCUT2D eigenvalue weighted by Gasteiger charge is -1.98. The van der Waals surface area contributed by atoms with E-state index in [1.165, 1.54) is 25.7 Å². The number of aromatic nitrogens is 3. The van der Waals surface area contributed by atoms with Crippen LogP contribution < -0.4 is 0 Å². The Kier molecular flexibility index (Phi) is 6.77. The summed E-state index contributed by atoms with van der Waals surface area (Å²) in [5.74, 6) is 0. The highest BCUT2D eigenvalue weighted by Crippen LogP contribution is 2.04. The van der Waals surface area contributed by atoms with Crippen LogP contribution in [0, 0.1) is 0 Å². The van der Waals surface area contributed by atoms with Gasteiger partial charge in [-0.25, -0.2) is 0 Å². The third kappa shape index (κ3) is 5.24. The largest absolute Gasteiger partial charge is 0.252 e. The monoisotopic (exact) mass is 226 g/mol. The van der Waals surface area contributed by atoms with E-state index in [1.807, 2.05) is 10.9 Å². The fourth-order valence-corrected chi connectivity index (χ4v) is 1.66. The van der Waals surface area contributed by atoms with Crippen LogP contribution in [0.25, 0.3) is 0 Å². The van der Waals surface area contributed by atoms with Gasteiger partial charge in [0.15, 0.2) is 0 Å². The third-order valence-corrected chi connectivity index (χ3v) is 2.64. The Bertz CT molecular complexity index is 273. The molecule has 0 fully saturated rings. The van der Waals surface area contributed by atoms with Crippen molar-refractivity contribution in [3.63, 3.8) is 0 Å². The van der Waals surface area contributed by atoms with E-state index in [4.69, 9.17) is 0 Å². The lowest BCUT2D eigenvalue weighted by atomic mass is 10.2. The van der Waals surface area contributed by atoms with Crippen LogP contribution in [-0.2, 0) is 13.0 Å². The molecule has 1 aromatic rings. The maximum absolute atomic E-state index is 11.9. The normalized spacial score (nSPS) is 10.9. The molecule has 0 aliphatic carbocycles. The van der Waals surface area contributed by atoms with Crippen LogP contribution in [0.4, 0.5) is 4.39 Å². The number of unbranched alkanes of at least 4 members (excludes halogenated alkanes) is 4. The van der Waals surface area contributed by atoms with Crippen LogP contribution in [0.15, 0.2) is 6.20 Å².